The summed E-state index contributed by atoms with van der Waals surface area (Å²) in [6, 6.07) is 8.52. The van der Waals surface area contributed by atoms with E-state index in [1.165, 1.54) is 0 Å². The maximum atomic E-state index is 11.7. The molecule has 0 radical (unpaired) electrons. The fourth-order valence-corrected chi connectivity index (χ4v) is 1.79. The maximum Gasteiger partial charge on any atom is 0.359 e. The smallest absolute Gasteiger partial charge is 0.294 e. The van der Waals surface area contributed by atoms with Crippen molar-refractivity contribution >= 4 is 16.1 Å². The van der Waals surface area contributed by atoms with Crippen molar-refractivity contribution in [1.29, 1.82) is 0 Å². The van der Waals surface area contributed by atoms with Crippen LogP contribution in [0.1, 0.15) is 16.8 Å². The molecule has 0 amide bonds. The van der Waals surface area contributed by atoms with Crippen molar-refractivity contribution in [2.45, 2.75) is 6.42 Å². The summed E-state index contributed by atoms with van der Waals surface area (Å²) in [5, 5.41) is 0. The Labute approximate surface area is 100 Å². The predicted octanol–water partition coefficient (Wildman–Crippen LogP) is 1.51. The van der Waals surface area contributed by atoms with Crippen molar-refractivity contribution in [3.05, 3.63) is 48.7 Å². The minimum atomic E-state index is -4.33. The molecule has 92 valence electrons. The van der Waals surface area contributed by atoms with Gasteiger partial charge in [-0.05, 0) is 0 Å². The second kappa shape index (κ2) is 5.60. The molecule has 1 N–H and O–H groups in total. The number of rotatable bonds is 6. The summed E-state index contributed by atoms with van der Waals surface area (Å²) in [5.74, 6) is -0.193. The Hall–Kier alpha value is -1.66. The molecule has 0 spiro atoms. The third-order valence-corrected chi connectivity index (χ3v) is 3.08. The molecule has 0 atom stereocenters. The average molecular weight is 255 g/mol. The van der Waals surface area contributed by atoms with Gasteiger partial charge in [0.1, 0.15) is 0 Å². The van der Waals surface area contributed by atoms with Crippen LogP contribution in [0.15, 0.2) is 43.1 Å². The molecule has 0 saturated heterocycles. The molecule has 17 heavy (non-hydrogen) atoms. The zero-order chi connectivity index (χ0) is 12.9. The Morgan fingerprint density at radius 1 is 1.35 bits per heavy atom. The number of benzene rings is 1. The third kappa shape index (κ3) is 4.01. The van der Waals surface area contributed by atoms with Gasteiger partial charge in [-0.3, -0.25) is 13.7 Å². The molecule has 0 bridgehead atoms. The van der Waals surface area contributed by atoms with Gasteiger partial charge in [-0.25, -0.2) is 0 Å². The molecule has 0 aliphatic carbocycles. The lowest BCUT2D eigenvalue weighted by Crippen LogP contribution is -2.27. The summed E-state index contributed by atoms with van der Waals surface area (Å²) in [6.07, 6.45) is 0.948. The Bertz CT molecular complexity index is 495. The second-order valence-corrected chi connectivity index (χ2v) is 4.67. The van der Waals surface area contributed by atoms with Gasteiger partial charge in [0.25, 0.3) is 0 Å². The van der Waals surface area contributed by atoms with Gasteiger partial charge in [0.05, 0.1) is 0 Å². The second-order valence-electron chi connectivity index (χ2n) is 3.31. The molecular formula is C11H13NO4S. The van der Waals surface area contributed by atoms with Crippen LogP contribution in [0.3, 0.4) is 0 Å². The lowest BCUT2D eigenvalue weighted by Gasteiger charge is -2.14. The summed E-state index contributed by atoms with van der Waals surface area (Å²) in [7, 11) is -4.33. The molecule has 0 aliphatic heterocycles. The van der Waals surface area contributed by atoms with E-state index in [9.17, 15) is 13.2 Å². The van der Waals surface area contributed by atoms with E-state index in [2.05, 4.69) is 6.58 Å². The molecule has 5 nitrogen and oxygen atoms in total. The van der Waals surface area contributed by atoms with Crippen LogP contribution in [0.4, 0.5) is 0 Å². The minimum Gasteiger partial charge on any atom is -0.294 e. The van der Waals surface area contributed by atoms with Crippen molar-refractivity contribution in [3.8, 4) is 0 Å². The fourth-order valence-electron chi connectivity index (χ4n) is 1.28. The molecule has 6 heteroatoms. The van der Waals surface area contributed by atoms with Crippen LogP contribution in [0.2, 0.25) is 0 Å². The van der Waals surface area contributed by atoms with Crippen LogP contribution in [-0.4, -0.2) is 29.6 Å². The number of ketones is 1. The first-order valence-electron chi connectivity index (χ1n) is 4.90. The summed E-state index contributed by atoms with van der Waals surface area (Å²) < 4.78 is 31.0. The molecule has 0 saturated carbocycles. The summed E-state index contributed by atoms with van der Waals surface area (Å²) >= 11 is 0. The first-order chi connectivity index (χ1) is 7.95. The van der Waals surface area contributed by atoms with Crippen LogP contribution < -0.4 is 0 Å². The quantitative estimate of drug-likeness (QED) is 0.617. The first kappa shape index (κ1) is 13.4. The monoisotopic (exact) mass is 255 g/mol. The van der Waals surface area contributed by atoms with E-state index in [0.29, 0.717) is 9.87 Å². The Morgan fingerprint density at radius 3 is 2.41 bits per heavy atom. The fraction of sp³-hybridized carbons (Fsp3) is 0.182. The summed E-state index contributed by atoms with van der Waals surface area (Å²) in [6.45, 7) is 3.12. The van der Waals surface area contributed by atoms with Crippen molar-refractivity contribution in [2.75, 3.05) is 6.54 Å². The molecule has 0 unspecified atom stereocenters. The van der Waals surface area contributed by atoms with Crippen molar-refractivity contribution in [1.82, 2.24) is 4.31 Å². The van der Waals surface area contributed by atoms with Gasteiger partial charge in [-0.15, -0.1) is 0 Å². The van der Waals surface area contributed by atoms with Gasteiger partial charge < -0.3 is 0 Å². The number of carbonyl (C=O) groups excluding carboxylic acids is 1. The molecule has 0 aromatic heterocycles. The lowest BCUT2D eigenvalue weighted by atomic mass is 10.1. The van der Waals surface area contributed by atoms with Crippen LogP contribution in [0.25, 0.3) is 0 Å². The van der Waals surface area contributed by atoms with Gasteiger partial charge in [0.15, 0.2) is 5.78 Å². The Morgan fingerprint density at radius 2 is 1.94 bits per heavy atom. The lowest BCUT2D eigenvalue weighted by molar-refractivity contribution is 0.0978. The van der Waals surface area contributed by atoms with Crippen molar-refractivity contribution < 1.29 is 17.8 Å². The first-order valence-corrected chi connectivity index (χ1v) is 6.30. The zero-order valence-electron chi connectivity index (χ0n) is 9.11. The molecule has 1 aromatic rings. The van der Waals surface area contributed by atoms with E-state index >= 15 is 0 Å². The van der Waals surface area contributed by atoms with Crippen LogP contribution >= 0.6 is 0 Å². The Kier molecular flexibility index (Phi) is 4.42. The van der Waals surface area contributed by atoms with E-state index in [1.54, 1.807) is 30.3 Å². The van der Waals surface area contributed by atoms with Crippen LogP contribution in [0, 0.1) is 0 Å². The number of carbonyl (C=O) groups is 1. The highest BCUT2D eigenvalue weighted by molar-refractivity contribution is 7.83. The molecule has 0 aliphatic rings. The maximum absolute atomic E-state index is 11.7. The number of nitrogens with zero attached hydrogens (tertiary/aromatic N) is 1. The van der Waals surface area contributed by atoms with Gasteiger partial charge in [-0.2, -0.15) is 8.42 Å². The van der Waals surface area contributed by atoms with Crippen LogP contribution in [0.5, 0.6) is 0 Å². The van der Waals surface area contributed by atoms with E-state index < -0.39 is 10.3 Å². The highest BCUT2D eigenvalue weighted by Gasteiger charge is 2.15. The van der Waals surface area contributed by atoms with Gasteiger partial charge in [-0.1, -0.05) is 36.9 Å². The third-order valence-electron chi connectivity index (χ3n) is 2.16. The number of hydrogen-bond acceptors (Lipinski definition) is 3. The largest absolute Gasteiger partial charge is 0.359 e. The van der Waals surface area contributed by atoms with E-state index in [0.717, 1.165) is 6.20 Å². The molecule has 1 rings (SSSR count). The van der Waals surface area contributed by atoms with Gasteiger partial charge in [0.2, 0.25) is 0 Å². The highest BCUT2D eigenvalue weighted by Crippen LogP contribution is 2.06. The van der Waals surface area contributed by atoms with E-state index in [-0.39, 0.29) is 18.7 Å². The Balaban J connectivity index is 2.63. The minimum absolute atomic E-state index is 0.0180. The van der Waals surface area contributed by atoms with Crippen molar-refractivity contribution in [3.63, 3.8) is 0 Å². The standard InChI is InChI=1S/C11H13NO4S/c1-2-12(17(14,15)16)9-8-11(13)10-6-4-3-5-7-10/h2-7H,1,8-9H2,(H,14,15,16). The zero-order valence-corrected chi connectivity index (χ0v) is 9.93. The molecule has 0 heterocycles. The summed E-state index contributed by atoms with van der Waals surface area (Å²) in [5.41, 5.74) is 0.506. The van der Waals surface area contributed by atoms with Crippen LogP contribution in [-0.2, 0) is 10.3 Å². The molecule has 0 fully saturated rings. The van der Waals surface area contributed by atoms with E-state index in [1.807, 2.05) is 0 Å². The highest BCUT2D eigenvalue weighted by atomic mass is 32.2. The number of hydrogen-bond donors (Lipinski definition) is 1. The predicted molar refractivity (Wildman–Crippen MR) is 63.8 cm³/mol. The van der Waals surface area contributed by atoms with Gasteiger partial charge in [0, 0.05) is 24.7 Å². The van der Waals surface area contributed by atoms with E-state index in [4.69, 9.17) is 4.55 Å². The topological polar surface area (TPSA) is 74.7 Å². The normalized spacial score (nSPS) is 10.9. The van der Waals surface area contributed by atoms with Crippen molar-refractivity contribution in [2.24, 2.45) is 0 Å². The summed E-state index contributed by atoms with van der Waals surface area (Å²) in [4.78, 5) is 11.7. The molecular weight excluding hydrogens is 242 g/mol. The SMILES string of the molecule is C=CN(CCC(=O)c1ccccc1)S(=O)(=O)O. The van der Waals surface area contributed by atoms with Gasteiger partial charge >= 0.3 is 10.3 Å². The average Bonchev–Trinajstić information content (AvgIpc) is 2.29. The molecule has 1 aromatic carbocycles. The number of Topliss-reactive ketones (excluding diaryl/α,β-unsaturated/α-hetero) is 1.